The summed E-state index contributed by atoms with van der Waals surface area (Å²) in [5.41, 5.74) is 0.854. The first-order valence-electron chi connectivity index (χ1n) is 8.14. The molecule has 1 aliphatic rings. The lowest BCUT2D eigenvalue weighted by Crippen LogP contribution is -2.28. The highest BCUT2D eigenvalue weighted by molar-refractivity contribution is 7.93. The molecule has 0 aromatic heterocycles. The van der Waals surface area contributed by atoms with Crippen molar-refractivity contribution in [3.63, 3.8) is 0 Å². The number of carbonyl (C=O) groups excluding carboxylic acids is 1. The van der Waals surface area contributed by atoms with Crippen molar-refractivity contribution in [3.8, 4) is 0 Å². The quantitative estimate of drug-likeness (QED) is 0.887. The fraction of sp³-hybridized carbons (Fsp3) is 0.278. The highest BCUT2D eigenvalue weighted by atomic mass is 32.2. The van der Waals surface area contributed by atoms with E-state index in [2.05, 4.69) is 5.32 Å². The van der Waals surface area contributed by atoms with Crippen molar-refractivity contribution in [2.75, 3.05) is 16.6 Å². The minimum atomic E-state index is -3.34. The highest BCUT2D eigenvalue weighted by Crippen LogP contribution is 2.25. The predicted molar refractivity (Wildman–Crippen MR) is 94.4 cm³/mol. The van der Waals surface area contributed by atoms with Gasteiger partial charge in [-0.3, -0.25) is 9.10 Å². The van der Waals surface area contributed by atoms with E-state index in [-0.39, 0.29) is 16.9 Å². The van der Waals surface area contributed by atoms with Crippen LogP contribution in [0.25, 0.3) is 0 Å². The van der Waals surface area contributed by atoms with Gasteiger partial charge in [-0.15, -0.1) is 0 Å². The number of sulfonamides is 1. The van der Waals surface area contributed by atoms with Gasteiger partial charge in [0, 0.05) is 23.7 Å². The number of anilines is 1. The molecule has 1 unspecified atom stereocenters. The Morgan fingerprint density at radius 2 is 1.96 bits per heavy atom. The summed E-state index contributed by atoms with van der Waals surface area (Å²) >= 11 is 0. The number of carbonyl (C=O) groups is 1. The van der Waals surface area contributed by atoms with Crippen LogP contribution in [0.1, 0.15) is 35.3 Å². The molecule has 2 aromatic carbocycles. The summed E-state index contributed by atoms with van der Waals surface area (Å²) in [6, 6.07) is 8.76. The van der Waals surface area contributed by atoms with Crippen LogP contribution in [0.2, 0.25) is 0 Å². The van der Waals surface area contributed by atoms with Crippen molar-refractivity contribution in [3.05, 3.63) is 65.2 Å². The number of halogens is 2. The van der Waals surface area contributed by atoms with Crippen molar-refractivity contribution in [2.24, 2.45) is 0 Å². The number of amides is 1. The zero-order chi connectivity index (χ0) is 18.9. The second kappa shape index (κ2) is 7.03. The van der Waals surface area contributed by atoms with E-state index in [1.165, 1.54) is 16.4 Å². The Morgan fingerprint density at radius 3 is 2.62 bits per heavy atom. The number of nitrogens with one attached hydrogen (secondary N) is 1. The zero-order valence-corrected chi connectivity index (χ0v) is 14.9. The molecule has 0 aliphatic carbocycles. The summed E-state index contributed by atoms with van der Waals surface area (Å²) in [6.45, 7) is 1.97. The van der Waals surface area contributed by atoms with Crippen LogP contribution >= 0.6 is 0 Å². The third-order valence-electron chi connectivity index (χ3n) is 4.27. The fourth-order valence-electron chi connectivity index (χ4n) is 2.94. The first-order valence-corrected chi connectivity index (χ1v) is 9.75. The molecule has 1 amide bonds. The number of nitrogens with zero attached hydrogens (tertiary/aromatic N) is 1. The molecule has 0 bridgehead atoms. The largest absolute Gasteiger partial charge is 0.345 e. The summed E-state index contributed by atoms with van der Waals surface area (Å²) in [7, 11) is -3.34. The van der Waals surface area contributed by atoms with Crippen molar-refractivity contribution >= 4 is 21.6 Å². The molecule has 2 aromatic rings. The molecule has 1 aliphatic heterocycles. The zero-order valence-electron chi connectivity index (χ0n) is 14.1. The lowest BCUT2D eigenvalue weighted by atomic mass is 10.1. The number of hydrogen-bond acceptors (Lipinski definition) is 3. The molecule has 0 saturated carbocycles. The predicted octanol–water partition coefficient (Wildman–Crippen LogP) is 3.00. The molecule has 0 spiro atoms. The Hall–Kier alpha value is -2.48. The van der Waals surface area contributed by atoms with Gasteiger partial charge in [0.25, 0.3) is 5.91 Å². The van der Waals surface area contributed by atoms with Crippen molar-refractivity contribution < 1.29 is 22.0 Å². The first kappa shape index (κ1) is 18.3. The summed E-state index contributed by atoms with van der Waals surface area (Å²) in [6.07, 6.45) is 0.541. The van der Waals surface area contributed by atoms with Crippen LogP contribution in [0.15, 0.2) is 42.5 Å². The van der Waals surface area contributed by atoms with Gasteiger partial charge in [0.2, 0.25) is 10.0 Å². The van der Waals surface area contributed by atoms with E-state index in [1.54, 1.807) is 25.1 Å². The van der Waals surface area contributed by atoms with Crippen LogP contribution in [0, 0.1) is 11.6 Å². The maximum absolute atomic E-state index is 13.8. The third kappa shape index (κ3) is 3.70. The van der Waals surface area contributed by atoms with Crippen LogP contribution in [0.5, 0.6) is 0 Å². The van der Waals surface area contributed by atoms with E-state index in [0.717, 1.165) is 12.1 Å². The van der Waals surface area contributed by atoms with E-state index in [9.17, 15) is 22.0 Å². The molecule has 1 saturated heterocycles. The Morgan fingerprint density at radius 1 is 1.19 bits per heavy atom. The minimum absolute atomic E-state index is 0.0876. The summed E-state index contributed by atoms with van der Waals surface area (Å²) in [5, 5.41) is 2.64. The lowest BCUT2D eigenvalue weighted by molar-refractivity contribution is 0.0939. The topological polar surface area (TPSA) is 66.5 Å². The SMILES string of the molecule is CC(NC(=O)c1cccc(N2CCCS2(=O)=O)c1)c1ccc(F)cc1F. The average molecular weight is 380 g/mol. The van der Waals surface area contributed by atoms with E-state index >= 15 is 0 Å². The molecule has 3 rings (SSSR count). The molecule has 26 heavy (non-hydrogen) atoms. The Bertz CT molecular complexity index is 947. The summed E-state index contributed by atoms with van der Waals surface area (Å²) < 4.78 is 52.2. The van der Waals surface area contributed by atoms with Crippen molar-refractivity contribution in [1.82, 2.24) is 5.32 Å². The lowest BCUT2D eigenvalue weighted by Gasteiger charge is -2.19. The normalized spacial score (nSPS) is 17.1. The highest BCUT2D eigenvalue weighted by Gasteiger charge is 2.28. The van der Waals surface area contributed by atoms with E-state index in [1.807, 2.05) is 0 Å². The maximum Gasteiger partial charge on any atom is 0.251 e. The van der Waals surface area contributed by atoms with Crippen molar-refractivity contribution in [1.29, 1.82) is 0 Å². The Balaban J connectivity index is 1.79. The van der Waals surface area contributed by atoms with Crippen LogP contribution in [-0.2, 0) is 10.0 Å². The van der Waals surface area contributed by atoms with Gasteiger partial charge in [0.05, 0.1) is 17.5 Å². The molecular formula is C18H18F2N2O3S. The third-order valence-corrected chi connectivity index (χ3v) is 6.14. The maximum atomic E-state index is 13.8. The van der Waals surface area contributed by atoms with E-state index in [4.69, 9.17) is 0 Å². The van der Waals surface area contributed by atoms with Crippen LogP contribution in [0.3, 0.4) is 0 Å². The van der Waals surface area contributed by atoms with Crippen LogP contribution in [-0.4, -0.2) is 26.6 Å². The molecule has 138 valence electrons. The minimum Gasteiger partial charge on any atom is -0.345 e. The smallest absolute Gasteiger partial charge is 0.251 e. The molecule has 1 heterocycles. The van der Waals surface area contributed by atoms with E-state index in [0.29, 0.717) is 18.7 Å². The standard InChI is InChI=1S/C18H18F2N2O3S/c1-12(16-7-6-14(19)11-17(16)20)21-18(23)13-4-2-5-15(10-13)22-8-3-9-26(22,24)25/h2,4-7,10-12H,3,8-9H2,1H3,(H,21,23). The van der Waals surface area contributed by atoms with Gasteiger partial charge in [-0.25, -0.2) is 17.2 Å². The fourth-order valence-corrected chi connectivity index (χ4v) is 4.50. The van der Waals surface area contributed by atoms with Gasteiger partial charge >= 0.3 is 0 Å². The van der Waals surface area contributed by atoms with E-state index < -0.39 is 33.6 Å². The van der Waals surface area contributed by atoms with Gasteiger partial charge in [-0.05, 0) is 37.6 Å². The van der Waals surface area contributed by atoms with Gasteiger partial charge < -0.3 is 5.32 Å². The summed E-state index contributed by atoms with van der Waals surface area (Å²) in [5.74, 6) is -1.82. The molecule has 1 N–H and O–H groups in total. The number of rotatable bonds is 4. The van der Waals surface area contributed by atoms with Gasteiger partial charge in [0.15, 0.2) is 0 Å². The first-order chi connectivity index (χ1) is 12.3. The van der Waals surface area contributed by atoms with Crippen LogP contribution < -0.4 is 9.62 Å². The van der Waals surface area contributed by atoms with Crippen molar-refractivity contribution in [2.45, 2.75) is 19.4 Å². The molecule has 0 radical (unpaired) electrons. The van der Waals surface area contributed by atoms with Gasteiger partial charge in [0.1, 0.15) is 11.6 Å². The second-order valence-corrected chi connectivity index (χ2v) is 8.17. The second-order valence-electron chi connectivity index (χ2n) is 6.15. The Kier molecular flexibility index (Phi) is 4.95. The van der Waals surface area contributed by atoms with Gasteiger partial charge in [-0.1, -0.05) is 12.1 Å². The summed E-state index contributed by atoms with van der Waals surface area (Å²) in [4.78, 5) is 12.5. The molecule has 1 fully saturated rings. The number of hydrogen-bond donors (Lipinski definition) is 1. The molecule has 5 nitrogen and oxygen atoms in total. The molecule has 1 atom stereocenters. The Labute approximate surface area is 150 Å². The average Bonchev–Trinajstić information content (AvgIpc) is 2.94. The monoisotopic (exact) mass is 380 g/mol. The molecular weight excluding hydrogens is 362 g/mol. The van der Waals surface area contributed by atoms with Gasteiger partial charge in [-0.2, -0.15) is 0 Å². The van der Waals surface area contributed by atoms with Crippen LogP contribution in [0.4, 0.5) is 14.5 Å². The molecule has 8 heteroatoms. The number of benzene rings is 2.